The fourth-order valence-corrected chi connectivity index (χ4v) is 4.20. The summed E-state index contributed by atoms with van der Waals surface area (Å²) in [6.45, 7) is 1.75. The highest BCUT2D eigenvalue weighted by Gasteiger charge is 2.19. The topological polar surface area (TPSA) is 88.9 Å². The molecule has 0 fully saturated rings. The van der Waals surface area contributed by atoms with Crippen molar-refractivity contribution in [3.63, 3.8) is 0 Å². The lowest BCUT2D eigenvalue weighted by atomic mass is 10.2. The van der Waals surface area contributed by atoms with Crippen LogP contribution in [-0.2, 0) is 17.6 Å². The van der Waals surface area contributed by atoms with Crippen molar-refractivity contribution in [2.24, 2.45) is 0 Å². The van der Waals surface area contributed by atoms with Crippen LogP contribution in [0.25, 0.3) is 0 Å². The molecule has 2 heterocycles. The number of amides is 2. The van der Waals surface area contributed by atoms with E-state index >= 15 is 0 Å². The molecular weight excluding hydrogens is 362 g/mol. The van der Waals surface area contributed by atoms with Gasteiger partial charge in [-0.25, -0.2) is 9.67 Å². The lowest BCUT2D eigenvalue weighted by Gasteiger charge is -2.12. The van der Waals surface area contributed by atoms with Gasteiger partial charge in [-0.05, 0) is 62.1 Å². The molecule has 2 amide bonds. The van der Waals surface area contributed by atoms with Crippen LogP contribution in [0.4, 0.5) is 11.4 Å². The van der Waals surface area contributed by atoms with Crippen molar-refractivity contribution in [1.82, 2.24) is 14.8 Å². The van der Waals surface area contributed by atoms with Crippen molar-refractivity contribution in [3.8, 4) is 0 Å². The molecule has 4 rings (SSSR count). The minimum absolute atomic E-state index is 0.0917. The largest absolute Gasteiger partial charge is 0.324 e. The Hall–Kier alpha value is -3.00. The Labute approximate surface area is 160 Å². The van der Waals surface area contributed by atoms with Gasteiger partial charge in [0.25, 0.3) is 5.91 Å². The molecule has 27 heavy (non-hydrogen) atoms. The predicted octanol–water partition coefficient (Wildman–Crippen LogP) is 3.28. The van der Waals surface area contributed by atoms with Gasteiger partial charge in [-0.15, -0.1) is 11.3 Å². The molecule has 0 radical (unpaired) electrons. The molecule has 1 aromatic carbocycles. The normalized spacial score (nSPS) is 13.8. The Balaban J connectivity index is 1.37. The summed E-state index contributed by atoms with van der Waals surface area (Å²) in [5.74, 6) is -0.281. The van der Waals surface area contributed by atoms with Crippen molar-refractivity contribution in [2.45, 2.75) is 32.2 Å². The first-order valence-electron chi connectivity index (χ1n) is 8.78. The monoisotopic (exact) mass is 381 g/mol. The molecule has 1 aliphatic carbocycles. The Morgan fingerprint density at radius 1 is 1.15 bits per heavy atom. The molecule has 0 spiro atoms. The van der Waals surface area contributed by atoms with Gasteiger partial charge in [0.1, 0.15) is 18.7 Å². The van der Waals surface area contributed by atoms with Gasteiger partial charge >= 0.3 is 0 Å². The number of anilines is 2. The number of nitrogens with one attached hydrogen (secondary N) is 2. The molecule has 0 saturated carbocycles. The maximum absolute atomic E-state index is 12.4. The van der Waals surface area contributed by atoms with E-state index in [1.54, 1.807) is 42.5 Å². The first-order valence-corrected chi connectivity index (χ1v) is 9.60. The van der Waals surface area contributed by atoms with E-state index in [0.717, 1.165) is 17.7 Å². The first-order chi connectivity index (χ1) is 13.1. The van der Waals surface area contributed by atoms with Gasteiger partial charge in [0.15, 0.2) is 0 Å². The average Bonchev–Trinajstić information content (AvgIpc) is 3.39. The maximum atomic E-state index is 12.4. The lowest BCUT2D eigenvalue weighted by molar-refractivity contribution is -0.119. The van der Waals surface area contributed by atoms with E-state index in [1.165, 1.54) is 34.2 Å². The van der Waals surface area contributed by atoms with E-state index in [9.17, 15) is 9.59 Å². The zero-order valence-corrected chi connectivity index (χ0v) is 15.6. The van der Waals surface area contributed by atoms with Crippen molar-refractivity contribution < 1.29 is 9.59 Å². The highest BCUT2D eigenvalue weighted by molar-refractivity contribution is 7.14. The van der Waals surface area contributed by atoms with Gasteiger partial charge in [0, 0.05) is 16.3 Å². The number of fused-ring (bicyclic) bond motifs is 1. The summed E-state index contributed by atoms with van der Waals surface area (Å²) in [5.41, 5.74) is 2.65. The summed E-state index contributed by atoms with van der Waals surface area (Å²) < 4.78 is 1.49. The minimum Gasteiger partial charge on any atom is -0.324 e. The van der Waals surface area contributed by atoms with Crippen LogP contribution in [0.2, 0.25) is 0 Å². The fraction of sp³-hybridized carbons (Fsp3) is 0.263. The number of carbonyl (C=O) groups is 2. The summed E-state index contributed by atoms with van der Waals surface area (Å²) in [6.07, 6.45) is 6.23. The number of aromatic nitrogens is 3. The second-order valence-corrected chi connectivity index (χ2v) is 7.62. The quantitative estimate of drug-likeness (QED) is 0.710. The fourth-order valence-electron chi connectivity index (χ4n) is 3.05. The highest BCUT2D eigenvalue weighted by Crippen LogP contribution is 2.31. The number of benzene rings is 1. The third-order valence-electron chi connectivity index (χ3n) is 4.59. The van der Waals surface area contributed by atoms with Gasteiger partial charge < -0.3 is 10.6 Å². The number of rotatable bonds is 5. The Morgan fingerprint density at radius 3 is 2.56 bits per heavy atom. The van der Waals surface area contributed by atoms with Crippen LogP contribution in [0.1, 0.15) is 39.5 Å². The summed E-state index contributed by atoms with van der Waals surface area (Å²) in [4.78, 5) is 30.6. The van der Waals surface area contributed by atoms with Crippen molar-refractivity contribution in [3.05, 3.63) is 58.3 Å². The third-order valence-corrected chi connectivity index (χ3v) is 5.83. The first kappa shape index (κ1) is 17.4. The van der Waals surface area contributed by atoms with Crippen molar-refractivity contribution >= 4 is 34.5 Å². The van der Waals surface area contributed by atoms with Crippen LogP contribution in [0.5, 0.6) is 0 Å². The van der Waals surface area contributed by atoms with Crippen LogP contribution in [0.15, 0.2) is 43.0 Å². The molecule has 0 unspecified atom stereocenters. The zero-order valence-electron chi connectivity index (χ0n) is 14.8. The molecule has 1 atom stereocenters. The molecule has 0 saturated heterocycles. The molecule has 0 bridgehead atoms. The van der Waals surface area contributed by atoms with Gasteiger partial charge in [0.05, 0.1) is 4.88 Å². The van der Waals surface area contributed by atoms with E-state index in [2.05, 4.69) is 20.7 Å². The molecule has 1 aliphatic rings. The van der Waals surface area contributed by atoms with Crippen LogP contribution in [0, 0.1) is 0 Å². The highest BCUT2D eigenvalue weighted by atomic mass is 32.1. The maximum Gasteiger partial charge on any atom is 0.265 e. The number of carbonyl (C=O) groups excluding carboxylic acids is 2. The van der Waals surface area contributed by atoms with E-state index in [4.69, 9.17) is 0 Å². The molecule has 0 aliphatic heterocycles. The van der Waals surface area contributed by atoms with Gasteiger partial charge in [-0.1, -0.05) is 0 Å². The molecule has 8 heteroatoms. The van der Waals surface area contributed by atoms with Gasteiger partial charge in [-0.2, -0.15) is 5.10 Å². The second-order valence-electron chi connectivity index (χ2n) is 6.48. The summed E-state index contributed by atoms with van der Waals surface area (Å²) in [5, 5.41) is 9.71. The predicted molar refractivity (Wildman–Crippen MR) is 104 cm³/mol. The Kier molecular flexibility index (Phi) is 4.72. The van der Waals surface area contributed by atoms with Crippen LogP contribution in [0.3, 0.4) is 0 Å². The van der Waals surface area contributed by atoms with Gasteiger partial charge in [0.2, 0.25) is 5.91 Å². The van der Waals surface area contributed by atoms with E-state index in [-0.39, 0.29) is 11.8 Å². The SMILES string of the molecule is C[C@@H](C(=O)Nc1ccc(NC(=O)c2cc3c(s2)CCC3)cc1)n1cncn1. The third kappa shape index (κ3) is 3.75. The van der Waals surface area contributed by atoms with E-state index in [0.29, 0.717) is 11.4 Å². The number of hydrogen-bond acceptors (Lipinski definition) is 5. The van der Waals surface area contributed by atoms with Gasteiger partial charge in [-0.3, -0.25) is 9.59 Å². The van der Waals surface area contributed by atoms with Crippen LogP contribution < -0.4 is 10.6 Å². The number of hydrogen-bond donors (Lipinski definition) is 2. The number of thiophene rings is 1. The second kappa shape index (κ2) is 7.32. The molecule has 7 nitrogen and oxygen atoms in total. The van der Waals surface area contributed by atoms with Crippen LogP contribution in [-0.4, -0.2) is 26.6 Å². The molecular formula is C19H19N5O2S. The lowest BCUT2D eigenvalue weighted by Crippen LogP contribution is -2.24. The van der Waals surface area contributed by atoms with Crippen LogP contribution >= 0.6 is 11.3 Å². The number of nitrogens with zero attached hydrogens (tertiary/aromatic N) is 3. The van der Waals surface area contributed by atoms with Crippen molar-refractivity contribution in [2.75, 3.05) is 10.6 Å². The summed E-state index contributed by atoms with van der Waals surface area (Å²) >= 11 is 1.58. The number of aryl methyl sites for hydroxylation is 2. The molecule has 2 aromatic heterocycles. The molecule has 2 N–H and O–H groups in total. The molecule has 3 aromatic rings. The van der Waals surface area contributed by atoms with E-state index < -0.39 is 6.04 Å². The average molecular weight is 381 g/mol. The minimum atomic E-state index is -0.465. The van der Waals surface area contributed by atoms with E-state index in [1.807, 2.05) is 6.07 Å². The molecule has 138 valence electrons. The summed E-state index contributed by atoms with van der Waals surface area (Å²) in [7, 11) is 0. The zero-order chi connectivity index (χ0) is 18.8. The smallest absolute Gasteiger partial charge is 0.265 e. The Morgan fingerprint density at radius 2 is 1.89 bits per heavy atom. The Bertz CT molecular complexity index is 941. The van der Waals surface area contributed by atoms with Crippen molar-refractivity contribution in [1.29, 1.82) is 0 Å². The summed E-state index contributed by atoms with van der Waals surface area (Å²) in [6, 6.07) is 8.60. The standard InChI is InChI=1S/C19H19N5O2S/c1-12(24-11-20-10-21-24)18(25)22-14-5-7-15(8-6-14)23-19(26)17-9-13-3-2-4-16(13)27-17/h5-12H,2-4H2,1H3,(H,22,25)(H,23,26)/t12-/m0/s1.